The first-order valence-corrected chi connectivity index (χ1v) is 5.97. The largest absolute Gasteiger partial charge is 0.376 e. The predicted molar refractivity (Wildman–Crippen MR) is 60.0 cm³/mol. The molecule has 1 N–H and O–H groups in total. The first-order chi connectivity index (χ1) is 7.42. The molecule has 1 fully saturated rings. The summed E-state index contributed by atoms with van der Waals surface area (Å²) in [4.78, 5) is 0. The molecule has 86 valence electrons. The van der Waals surface area contributed by atoms with Crippen molar-refractivity contribution in [3.8, 4) is 0 Å². The van der Waals surface area contributed by atoms with Gasteiger partial charge in [0.05, 0.1) is 32.0 Å². The third kappa shape index (κ3) is 2.80. The van der Waals surface area contributed by atoms with E-state index in [4.69, 9.17) is 9.47 Å². The van der Waals surface area contributed by atoms with Gasteiger partial charge in [0.15, 0.2) is 0 Å². The lowest BCUT2D eigenvalue weighted by Crippen LogP contribution is -2.46. The van der Waals surface area contributed by atoms with Gasteiger partial charge in [-0.15, -0.1) is 0 Å². The minimum absolute atomic E-state index is 0.202. The Morgan fingerprint density at radius 2 is 2.33 bits per heavy atom. The van der Waals surface area contributed by atoms with Crippen LogP contribution in [0.2, 0.25) is 0 Å². The average Bonchev–Trinajstić information content (AvgIpc) is 2.33. The van der Waals surface area contributed by atoms with Gasteiger partial charge in [0.25, 0.3) is 0 Å². The second-order valence-electron chi connectivity index (χ2n) is 4.28. The van der Waals surface area contributed by atoms with Gasteiger partial charge in [-0.25, -0.2) is 0 Å². The lowest BCUT2D eigenvalue weighted by molar-refractivity contribution is -0.0965. The summed E-state index contributed by atoms with van der Waals surface area (Å²) in [6, 6.07) is 0.352. The Kier molecular flexibility index (Phi) is 4.18. The monoisotopic (exact) mass is 211 g/mol. The van der Waals surface area contributed by atoms with Gasteiger partial charge in [-0.2, -0.15) is 0 Å². The molecule has 1 aliphatic heterocycles. The van der Waals surface area contributed by atoms with Crippen molar-refractivity contribution in [1.29, 1.82) is 0 Å². The van der Waals surface area contributed by atoms with E-state index >= 15 is 0 Å². The smallest absolute Gasteiger partial charge is 0.1000 e. The number of allylic oxidation sites excluding steroid dienone is 1. The topological polar surface area (TPSA) is 30.5 Å². The molecule has 15 heavy (non-hydrogen) atoms. The molecule has 1 heterocycles. The maximum absolute atomic E-state index is 5.76. The van der Waals surface area contributed by atoms with Crippen molar-refractivity contribution in [2.75, 3.05) is 26.9 Å². The van der Waals surface area contributed by atoms with E-state index in [9.17, 15) is 0 Å². The third-order valence-electron chi connectivity index (χ3n) is 3.25. The zero-order chi connectivity index (χ0) is 10.5. The SMILES string of the molecule is CNC(C1=CCCCC1)C1COCCO1. The van der Waals surface area contributed by atoms with Crippen molar-refractivity contribution >= 4 is 0 Å². The van der Waals surface area contributed by atoms with Crippen molar-refractivity contribution in [3.63, 3.8) is 0 Å². The number of ether oxygens (including phenoxy) is 2. The van der Waals surface area contributed by atoms with E-state index in [0.29, 0.717) is 6.04 Å². The van der Waals surface area contributed by atoms with Gasteiger partial charge < -0.3 is 14.8 Å². The number of hydrogen-bond donors (Lipinski definition) is 1. The van der Waals surface area contributed by atoms with Gasteiger partial charge in [0, 0.05) is 0 Å². The van der Waals surface area contributed by atoms with Crippen LogP contribution >= 0.6 is 0 Å². The highest BCUT2D eigenvalue weighted by Gasteiger charge is 2.27. The van der Waals surface area contributed by atoms with Crippen LogP contribution < -0.4 is 5.32 Å². The van der Waals surface area contributed by atoms with E-state index in [1.54, 1.807) is 0 Å². The number of rotatable bonds is 3. The molecule has 0 spiro atoms. The quantitative estimate of drug-likeness (QED) is 0.717. The molecule has 0 aromatic heterocycles. The van der Waals surface area contributed by atoms with Gasteiger partial charge in [0.1, 0.15) is 0 Å². The van der Waals surface area contributed by atoms with Gasteiger partial charge in [-0.3, -0.25) is 0 Å². The highest BCUT2D eigenvalue weighted by Crippen LogP contribution is 2.23. The van der Waals surface area contributed by atoms with Crippen molar-refractivity contribution in [2.45, 2.75) is 37.8 Å². The van der Waals surface area contributed by atoms with Crippen LogP contribution in [0.25, 0.3) is 0 Å². The van der Waals surface area contributed by atoms with Crippen molar-refractivity contribution in [2.24, 2.45) is 0 Å². The van der Waals surface area contributed by atoms with Crippen molar-refractivity contribution < 1.29 is 9.47 Å². The van der Waals surface area contributed by atoms with Crippen LogP contribution in [0.5, 0.6) is 0 Å². The summed E-state index contributed by atoms with van der Waals surface area (Å²) >= 11 is 0. The zero-order valence-corrected chi connectivity index (χ0v) is 9.50. The molecule has 3 nitrogen and oxygen atoms in total. The Labute approximate surface area is 91.8 Å². The molecule has 2 atom stereocenters. The Morgan fingerprint density at radius 1 is 1.40 bits per heavy atom. The Morgan fingerprint density at radius 3 is 2.93 bits per heavy atom. The van der Waals surface area contributed by atoms with Crippen LogP contribution in [0, 0.1) is 0 Å². The molecular formula is C12H21NO2. The van der Waals surface area contributed by atoms with E-state index in [1.165, 1.54) is 31.3 Å². The summed E-state index contributed by atoms with van der Waals surface area (Å²) in [5.41, 5.74) is 1.51. The van der Waals surface area contributed by atoms with Crippen LogP contribution in [0.3, 0.4) is 0 Å². The standard InChI is InChI=1S/C12H21NO2/c1-13-12(10-5-3-2-4-6-10)11-9-14-7-8-15-11/h5,11-13H,2-4,6-9H2,1H3. The first-order valence-electron chi connectivity index (χ1n) is 5.97. The van der Waals surface area contributed by atoms with Gasteiger partial charge in [-0.05, 0) is 32.7 Å². The summed E-state index contributed by atoms with van der Waals surface area (Å²) < 4.78 is 11.2. The van der Waals surface area contributed by atoms with Crippen LogP contribution in [0.15, 0.2) is 11.6 Å². The lowest BCUT2D eigenvalue weighted by atomic mass is 9.91. The summed E-state index contributed by atoms with van der Waals surface area (Å²) in [5.74, 6) is 0. The molecule has 0 aromatic rings. The minimum Gasteiger partial charge on any atom is -0.376 e. The lowest BCUT2D eigenvalue weighted by Gasteiger charge is -2.33. The second kappa shape index (κ2) is 5.64. The summed E-state index contributed by atoms with van der Waals surface area (Å²) in [5, 5.41) is 3.37. The molecule has 3 heteroatoms. The second-order valence-corrected chi connectivity index (χ2v) is 4.28. The zero-order valence-electron chi connectivity index (χ0n) is 9.50. The molecule has 1 aliphatic carbocycles. The molecule has 0 radical (unpaired) electrons. The number of likely N-dealkylation sites (N-methyl/N-ethyl adjacent to an activating group) is 1. The van der Waals surface area contributed by atoms with Gasteiger partial charge >= 0.3 is 0 Å². The van der Waals surface area contributed by atoms with Crippen LogP contribution in [-0.4, -0.2) is 39.0 Å². The Balaban J connectivity index is 1.98. The van der Waals surface area contributed by atoms with E-state index in [0.717, 1.165) is 19.8 Å². The Bertz CT molecular complexity index is 222. The maximum atomic E-state index is 5.76. The van der Waals surface area contributed by atoms with Crippen LogP contribution in [0.4, 0.5) is 0 Å². The molecule has 0 saturated carbocycles. The maximum Gasteiger partial charge on any atom is 0.1000 e. The van der Waals surface area contributed by atoms with Crippen molar-refractivity contribution in [3.05, 3.63) is 11.6 Å². The summed E-state index contributed by atoms with van der Waals surface area (Å²) in [7, 11) is 2.01. The molecular weight excluding hydrogens is 190 g/mol. The summed E-state index contributed by atoms with van der Waals surface area (Å²) in [6.07, 6.45) is 7.67. The fourth-order valence-corrected chi connectivity index (χ4v) is 2.45. The molecule has 2 unspecified atom stereocenters. The molecule has 0 amide bonds. The average molecular weight is 211 g/mol. The first kappa shape index (κ1) is 11.1. The van der Waals surface area contributed by atoms with Crippen LogP contribution in [-0.2, 0) is 9.47 Å². The summed E-state index contributed by atoms with van der Waals surface area (Å²) in [6.45, 7) is 2.20. The van der Waals surface area contributed by atoms with Crippen molar-refractivity contribution in [1.82, 2.24) is 5.32 Å². The van der Waals surface area contributed by atoms with Gasteiger partial charge in [0.2, 0.25) is 0 Å². The fourth-order valence-electron chi connectivity index (χ4n) is 2.45. The molecule has 0 bridgehead atoms. The highest BCUT2D eigenvalue weighted by molar-refractivity contribution is 5.15. The minimum atomic E-state index is 0.202. The normalized spacial score (nSPS) is 29.7. The number of nitrogens with one attached hydrogen (secondary N) is 1. The van der Waals surface area contributed by atoms with Crippen LogP contribution in [0.1, 0.15) is 25.7 Å². The van der Waals surface area contributed by atoms with E-state index < -0.39 is 0 Å². The fraction of sp³-hybridized carbons (Fsp3) is 0.833. The molecule has 1 saturated heterocycles. The van der Waals surface area contributed by atoms with E-state index in [1.807, 2.05) is 7.05 Å². The van der Waals surface area contributed by atoms with E-state index in [-0.39, 0.29) is 6.10 Å². The predicted octanol–water partition coefficient (Wildman–Crippen LogP) is 1.49. The van der Waals surface area contributed by atoms with Gasteiger partial charge in [-0.1, -0.05) is 11.6 Å². The molecule has 2 rings (SSSR count). The molecule has 2 aliphatic rings. The highest BCUT2D eigenvalue weighted by atomic mass is 16.6. The Hall–Kier alpha value is -0.380. The van der Waals surface area contributed by atoms with E-state index in [2.05, 4.69) is 11.4 Å². The molecule has 0 aromatic carbocycles. The third-order valence-corrected chi connectivity index (χ3v) is 3.25. The number of hydrogen-bond acceptors (Lipinski definition) is 3.